The summed E-state index contributed by atoms with van der Waals surface area (Å²) in [6.45, 7) is 2.05. The highest BCUT2D eigenvalue weighted by molar-refractivity contribution is 6.32. The van der Waals surface area contributed by atoms with Crippen molar-refractivity contribution >= 4 is 11.6 Å². The molecule has 1 heterocycles. The van der Waals surface area contributed by atoms with Crippen LogP contribution in [0, 0.1) is 5.82 Å². The molecule has 0 saturated carbocycles. The second-order valence-corrected chi connectivity index (χ2v) is 4.63. The molecule has 1 atom stereocenters. The van der Waals surface area contributed by atoms with Crippen LogP contribution in [0.25, 0.3) is 11.4 Å². The van der Waals surface area contributed by atoms with Gasteiger partial charge in [-0.2, -0.15) is 0 Å². The van der Waals surface area contributed by atoms with Gasteiger partial charge in [0, 0.05) is 24.5 Å². The maximum absolute atomic E-state index is 13.8. The van der Waals surface area contributed by atoms with E-state index in [1.54, 1.807) is 30.0 Å². The maximum Gasteiger partial charge on any atom is 0.173 e. The number of hydrogen-bond acceptors (Lipinski definition) is 3. The van der Waals surface area contributed by atoms with Gasteiger partial charge in [-0.05, 0) is 19.1 Å². The Morgan fingerprint density at radius 2 is 2.26 bits per heavy atom. The molecule has 102 valence electrons. The fourth-order valence-corrected chi connectivity index (χ4v) is 2.17. The number of methoxy groups -OCH3 is 1. The molecule has 0 bridgehead atoms. The summed E-state index contributed by atoms with van der Waals surface area (Å²) >= 11 is 5.96. The van der Waals surface area contributed by atoms with Crippen LogP contribution in [0.4, 0.5) is 4.39 Å². The minimum atomic E-state index is -0.545. The van der Waals surface area contributed by atoms with Crippen LogP contribution in [-0.4, -0.2) is 27.9 Å². The Morgan fingerprint density at radius 3 is 2.84 bits per heavy atom. The summed E-state index contributed by atoms with van der Waals surface area (Å²) in [6, 6.07) is 2.90. The van der Waals surface area contributed by atoms with Crippen molar-refractivity contribution in [2.75, 3.05) is 7.11 Å². The van der Waals surface area contributed by atoms with Crippen LogP contribution in [0.2, 0.25) is 5.02 Å². The van der Waals surface area contributed by atoms with Gasteiger partial charge in [-0.25, -0.2) is 9.37 Å². The van der Waals surface area contributed by atoms with E-state index in [0.29, 0.717) is 17.9 Å². The van der Waals surface area contributed by atoms with Gasteiger partial charge in [0.15, 0.2) is 11.6 Å². The van der Waals surface area contributed by atoms with Gasteiger partial charge in [-0.1, -0.05) is 11.6 Å². The largest absolute Gasteiger partial charge is 0.492 e. The van der Waals surface area contributed by atoms with Crippen molar-refractivity contribution in [3.8, 4) is 17.1 Å². The zero-order valence-corrected chi connectivity index (χ0v) is 11.4. The quantitative estimate of drug-likeness (QED) is 0.939. The summed E-state index contributed by atoms with van der Waals surface area (Å²) in [5.41, 5.74) is 0.536. The Morgan fingerprint density at radius 1 is 1.53 bits per heavy atom. The summed E-state index contributed by atoms with van der Waals surface area (Å²) < 4.78 is 20.4. The highest BCUT2D eigenvalue weighted by Gasteiger charge is 2.14. The van der Waals surface area contributed by atoms with E-state index in [0.717, 1.165) is 0 Å². The van der Waals surface area contributed by atoms with Gasteiger partial charge in [-0.15, -0.1) is 0 Å². The Hall–Kier alpha value is -1.59. The molecule has 6 heteroatoms. The number of nitrogens with zero attached hydrogens (tertiary/aromatic N) is 2. The summed E-state index contributed by atoms with van der Waals surface area (Å²) in [4.78, 5) is 4.16. The van der Waals surface area contributed by atoms with Gasteiger partial charge in [-0.3, -0.25) is 0 Å². The molecular weight excluding hydrogens is 271 g/mol. The minimum Gasteiger partial charge on any atom is -0.492 e. The number of hydrogen-bond donors (Lipinski definition) is 1. The van der Waals surface area contributed by atoms with Gasteiger partial charge in [0.05, 0.1) is 18.2 Å². The number of ether oxygens (including phenoxy) is 1. The Labute approximate surface area is 115 Å². The van der Waals surface area contributed by atoms with Gasteiger partial charge >= 0.3 is 0 Å². The number of aromatic nitrogens is 2. The first-order valence-corrected chi connectivity index (χ1v) is 6.13. The van der Waals surface area contributed by atoms with Crippen LogP contribution < -0.4 is 4.74 Å². The van der Waals surface area contributed by atoms with E-state index in [1.807, 2.05) is 0 Å². The highest BCUT2D eigenvalue weighted by Crippen LogP contribution is 2.32. The normalized spacial score (nSPS) is 12.5. The van der Waals surface area contributed by atoms with Crippen molar-refractivity contribution in [1.29, 1.82) is 0 Å². The van der Waals surface area contributed by atoms with Crippen LogP contribution in [-0.2, 0) is 6.54 Å². The molecule has 0 aliphatic rings. The Bertz CT molecular complexity index is 561. The highest BCUT2D eigenvalue weighted by atomic mass is 35.5. The number of halogens is 2. The standard InChI is InChI=1S/C13H14ClFN2O2/c1-8(18)7-17-4-3-16-13(17)9-5-10(14)12(19-2)11(15)6-9/h3-6,8,18H,7H2,1-2H3. The molecule has 0 amide bonds. The average molecular weight is 285 g/mol. The first kappa shape index (κ1) is 13.8. The van der Waals surface area contributed by atoms with Gasteiger partial charge in [0.25, 0.3) is 0 Å². The maximum atomic E-state index is 13.8. The first-order chi connectivity index (χ1) is 9.02. The molecule has 1 aromatic carbocycles. The molecule has 19 heavy (non-hydrogen) atoms. The van der Waals surface area contributed by atoms with Gasteiger partial charge in [0.2, 0.25) is 0 Å². The van der Waals surface area contributed by atoms with Crippen molar-refractivity contribution in [3.05, 3.63) is 35.4 Å². The van der Waals surface area contributed by atoms with E-state index in [1.165, 1.54) is 13.2 Å². The third-order valence-electron chi connectivity index (χ3n) is 2.64. The van der Waals surface area contributed by atoms with Gasteiger partial charge in [0.1, 0.15) is 5.82 Å². The molecule has 0 radical (unpaired) electrons. The van der Waals surface area contributed by atoms with Crippen LogP contribution >= 0.6 is 11.6 Å². The number of benzene rings is 1. The third kappa shape index (κ3) is 2.88. The number of aliphatic hydroxyl groups is 1. The smallest absolute Gasteiger partial charge is 0.173 e. The lowest BCUT2D eigenvalue weighted by molar-refractivity contribution is 0.174. The molecule has 0 fully saturated rings. The zero-order valence-electron chi connectivity index (χ0n) is 10.6. The predicted molar refractivity (Wildman–Crippen MR) is 70.9 cm³/mol. The zero-order chi connectivity index (χ0) is 14.0. The average Bonchev–Trinajstić information content (AvgIpc) is 2.75. The third-order valence-corrected chi connectivity index (χ3v) is 2.92. The molecule has 0 spiro atoms. The second-order valence-electron chi connectivity index (χ2n) is 4.23. The van der Waals surface area contributed by atoms with Crippen molar-refractivity contribution < 1.29 is 14.2 Å². The fraction of sp³-hybridized carbons (Fsp3) is 0.308. The summed E-state index contributed by atoms with van der Waals surface area (Å²) in [5.74, 6) is 0.0139. The van der Waals surface area contributed by atoms with E-state index in [4.69, 9.17) is 16.3 Å². The van der Waals surface area contributed by atoms with Crippen molar-refractivity contribution in [2.45, 2.75) is 19.6 Å². The summed E-state index contributed by atoms with van der Waals surface area (Å²) in [5, 5.41) is 9.60. The second kappa shape index (κ2) is 5.59. The minimum absolute atomic E-state index is 0.0130. The monoisotopic (exact) mass is 284 g/mol. The SMILES string of the molecule is COc1c(F)cc(-c2nccn2CC(C)O)cc1Cl. The Kier molecular flexibility index (Phi) is 4.07. The van der Waals surface area contributed by atoms with Crippen LogP contribution in [0.3, 0.4) is 0 Å². The molecule has 2 aromatic rings. The lowest BCUT2D eigenvalue weighted by Gasteiger charge is -2.11. The van der Waals surface area contributed by atoms with Crippen LogP contribution in [0.1, 0.15) is 6.92 Å². The predicted octanol–water partition coefficient (Wildman–Crippen LogP) is 2.73. The molecule has 4 nitrogen and oxygen atoms in total. The van der Waals surface area contributed by atoms with E-state index < -0.39 is 11.9 Å². The lowest BCUT2D eigenvalue weighted by atomic mass is 10.2. The van der Waals surface area contributed by atoms with E-state index in [-0.39, 0.29) is 10.8 Å². The van der Waals surface area contributed by atoms with E-state index in [2.05, 4.69) is 4.98 Å². The molecule has 0 saturated heterocycles. The van der Waals surface area contributed by atoms with Gasteiger partial charge < -0.3 is 14.4 Å². The van der Waals surface area contributed by atoms with Crippen LogP contribution in [0.15, 0.2) is 24.5 Å². The topological polar surface area (TPSA) is 47.3 Å². The number of rotatable bonds is 4. The van der Waals surface area contributed by atoms with Crippen molar-refractivity contribution in [1.82, 2.24) is 9.55 Å². The van der Waals surface area contributed by atoms with Crippen LogP contribution in [0.5, 0.6) is 5.75 Å². The first-order valence-electron chi connectivity index (χ1n) is 5.75. The molecule has 2 rings (SSSR count). The number of aliphatic hydroxyl groups excluding tert-OH is 1. The van der Waals surface area contributed by atoms with Crippen molar-refractivity contribution in [2.24, 2.45) is 0 Å². The molecule has 0 aliphatic carbocycles. The molecular formula is C13H14ClFN2O2. The van der Waals surface area contributed by atoms with E-state index >= 15 is 0 Å². The molecule has 1 unspecified atom stereocenters. The molecule has 0 aliphatic heterocycles. The fourth-order valence-electron chi connectivity index (χ4n) is 1.89. The number of imidazole rings is 1. The van der Waals surface area contributed by atoms with Crippen molar-refractivity contribution in [3.63, 3.8) is 0 Å². The Balaban J connectivity index is 2.45. The molecule has 1 aromatic heterocycles. The summed E-state index contributed by atoms with van der Waals surface area (Å²) in [7, 11) is 1.36. The molecule has 1 N–H and O–H groups in total. The van der Waals surface area contributed by atoms with E-state index in [9.17, 15) is 9.50 Å². The summed E-state index contributed by atoms with van der Waals surface area (Å²) in [6.07, 6.45) is 2.79. The lowest BCUT2D eigenvalue weighted by Crippen LogP contribution is -2.12.